The van der Waals surface area contributed by atoms with Gasteiger partial charge in [0.1, 0.15) is 11.0 Å². The molecule has 2 heterocycles. The van der Waals surface area contributed by atoms with Gasteiger partial charge in [-0.05, 0) is 51.8 Å². The van der Waals surface area contributed by atoms with Gasteiger partial charge in [-0.2, -0.15) is 8.75 Å². The normalized spacial score (nSPS) is 11.3. The monoisotopic (exact) mass is 380 g/mol. The third kappa shape index (κ3) is 3.20. The number of unbranched alkanes of at least 4 members (excludes halogenated alkanes) is 3. The highest BCUT2D eigenvalue weighted by molar-refractivity contribution is 9.10. The molecule has 0 amide bonds. The van der Waals surface area contributed by atoms with Gasteiger partial charge in [-0.1, -0.05) is 32.3 Å². The number of hydrogen-bond acceptors (Lipinski definition) is 4. The first kappa shape index (κ1) is 15.1. The van der Waals surface area contributed by atoms with Crippen LogP contribution in [-0.4, -0.2) is 8.75 Å². The highest BCUT2D eigenvalue weighted by Gasteiger charge is 2.14. The minimum Gasteiger partial charge on any atom is -0.172 e. The predicted octanol–water partition coefficient (Wildman–Crippen LogP) is 6.31. The Kier molecular flexibility index (Phi) is 5.03. The third-order valence-corrected chi connectivity index (χ3v) is 5.82. The zero-order valence-corrected chi connectivity index (χ0v) is 15.2. The molecule has 0 fully saturated rings. The van der Waals surface area contributed by atoms with Gasteiger partial charge in [0.2, 0.25) is 0 Å². The van der Waals surface area contributed by atoms with Crippen LogP contribution >= 0.6 is 39.0 Å². The minimum atomic E-state index is 0.975. The van der Waals surface area contributed by atoms with E-state index in [0.29, 0.717) is 0 Å². The van der Waals surface area contributed by atoms with Gasteiger partial charge in [-0.25, -0.2) is 0 Å². The first-order chi connectivity index (χ1) is 10.3. The average molecular weight is 381 g/mol. The van der Waals surface area contributed by atoms with Crippen molar-refractivity contribution in [1.82, 2.24) is 8.75 Å². The van der Waals surface area contributed by atoms with Crippen molar-refractivity contribution in [3.8, 4) is 10.4 Å². The van der Waals surface area contributed by atoms with E-state index in [4.69, 9.17) is 0 Å². The Balaban J connectivity index is 1.91. The lowest BCUT2D eigenvalue weighted by Gasteiger charge is -2.05. The van der Waals surface area contributed by atoms with Gasteiger partial charge in [-0.15, -0.1) is 11.3 Å². The molecule has 0 aliphatic heterocycles. The molecule has 0 bridgehead atoms. The van der Waals surface area contributed by atoms with E-state index in [1.807, 2.05) is 11.3 Å². The van der Waals surface area contributed by atoms with Crippen molar-refractivity contribution in [3.63, 3.8) is 0 Å². The maximum atomic E-state index is 4.49. The van der Waals surface area contributed by atoms with Crippen molar-refractivity contribution >= 4 is 50.0 Å². The molecular formula is C16H17BrN2S2. The average Bonchev–Trinajstić information content (AvgIpc) is 3.14. The smallest absolute Gasteiger partial charge is 0.119 e. The van der Waals surface area contributed by atoms with Crippen LogP contribution in [0.1, 0.15) is 38.2 Å². The molecule has 2 aromatic heterocycles. The van der Waals surface area contributed by atoms with Crippen LogP contribution in [0.4, 0.5) is 0 Å². The fraction of sp³-hybridized carbons (Fsp3) is 0.375. The number of thiophene rings is 1. The summed E-state index contributed by atoms with van der Waals surface area (Å²) in [6.45, 7) is 2.25. The number of nitrogens with zero attached hydrogens (tertiary/aromatic N) is 2. The number of rotatable bonds is 6. The molecule has 5 heteroatoms. The van der Waals surface area contributed by atoms with Gasteiger partial charge in [0.15, 0.2) is 0 Å². The van der Waals surface area contributed by atoms with Crippen LogP contribution in [0.2, 0.25) is 0 Å². The quantitative estimate of drug-likeness (QED) is 0.468. The summed E-state index contributed by atoms with van der Waals surface area (Å²) >= 11 is 6.65. The van der Waals surface area contributed by atoms with Crippen molar-refractivity contribution in [3.05, 3.63) is 33.6 Å². The van der Waals surface area contributed by atoms with Crippen molar-refractivity contribution in [1.29, 1.82) is 0 Å². The molecule has 110 valence electrons. The van der Waals surface area contributed by atoms with Gasteiger partial charge in [0.25, 0.3) is 0 Å². The van der Waals surface area contributed by atoms with Crippen LogP contribution in [0.3, 0.4) is 0 Å². The molecule has 3 aromatic rings. The number of aryl methyl sites for hydroxylation is 1. The molecule has 0 radical (unpaired) electrons. The summed E-state index contributed by atoms with van der Waals surface area (Å²) in [6, 6.07) is 6.51. The lowest BCUT2D eigenvalue weighted by atomic mass is 10.0. The fourth-order valence-corrected chi connectivity index (χ4v) is 4.61. The third-order valence-electron chi connectivity index (χ3n) is 3.66. The number of benzene rings is 1. The zero-order chi connectivity index (χ0) is 14.7. The van der Waals surface area contributed by atoms with Crippen LogP contribution in [-0.2, 0) is 6.42 Å². The van der Waals surface area contributed by atoms with Gasteiger partial charge in [-0.3, -0.25) is 0 Å². The molecule has 0 saturated heterocycles. The molecule has 21 heavy (non-hydrogen) atoms. The van der Waals surface area contributed by atoms with Gasteiger partial charge >= 0.3 is 0 Å². The maximum Gasteiger partial charge on any atom is 0.119 e. The van der Waals surface area contributed by atoms with E-state index in [1.54, 1.807) is 0 Å². The van der Waals surface area contributed by atoms with Gasteiger partial charge in [0.05, 0.1) is 11.7 Å². The second-order valence-electron chi connectivity index (χ2n) is 5.14. The molecule has 0 aliphatic rings. The van der Waals surface area contributed by atoms with Gasteiger partial charge < -0.3 is 0 Å². The Morgan fingerprint density at radius 2 is 1.90 bits per heavy atom. The number of halogens is 1. The molecule has 0 aliphatic carbocycles. The van der Waals surface area contributed by atoms with E-state index < -0.39 is 0 Å². The summed E-state index contributed by atoms with van der Waals surface area (Å²) in [7, 11) is 0. The highest BCUT2D eigenvalue weighted by Crippen LogP contribution is 2.37. The molecule has 2 nitrogen and oxygen atoms in total. The largest absolute Gasteiger partial charge is 0.172 e. The number of hydrogen-bond donors (Lipinski definition) is 0. The second kappa shape index (κ2) is 6.99. The standard InChI is InChI=1S/C16H17BrN2S2/c1-2-3-4-5-6-11-9-10-20-16(11)12-7-8-13(17)15-14(12)18-21-19-15/h7-10H,2-6H2,1H3. The number of fused-ring (bicyclic) bond motifs is 1. The van der Waals surface area contributed by atoms with Crippen LogP contribution in [0, 0.1) is 0 Å². The Hall–Kier alpha value is -0.780. The highest BCUT2D eigenvalue weighted by atomic mass is 79.9. The van der Waals surface area contributed by atoms with E-state index in [-0.39, 0.29) is 0 Å². The molecular weight excluding hydrogens is 364 g/mol. The zero-order valence-electron chi connectivity index (χ0n) is 11.9. The lowest BCUT2D eigenvalue weighted by molar-refractivity contribution is 0.668. The first-order valence-electron chi connectivity index (χ1n) is 7.28. The topological polar surface area (TPSA) is 25.8 Å². The van der Waals surface area contributed by atoms with Gasteiger partial charge in [0, 0.05) is 14.9 Å². The Morgan fingerprint density at radius 3 is 2.76 bits per heavy atom. The van der Waals surface area contributed by atoms with E-state index in [2.05, 4.69) is 55.2 Å². The van der Waals surface area contributed by atoms with Crippen molar-refractivity contribution in [2.75, 3.05) is 0 Å². The fourth-order valence-electron chi connectivity index (χ4n) is 2.53. The summed E-state index contributed by atoms with van der Waals surface area (Å²) in [5.41, 5.74) is 4.67. The number of aromatic nitrogens is 2. The van der Waals surface area contributed by atoms with Crippen molar-refractivity contribution < 1.29 is 0 Å². The Bertz CT molecular complexity index is 733. The summed E-state index contributed by atoms with van der Waals surface area (Å²) in [5.74, 6) is 0. The molecule has 0 saturated carbocycles. The van der Waals surface area contributed by atoms with Crippen molar-refractivity contribution in [2.45, 2.75) is 39.0 Å². The summed E-state index contributed by atoms with van der Waals surface area (Å²) in [6.07, 6.45) is 6.37. The summed E-state index contributed by atoms with van der Waals surface area (Å²) in [5, 5.41) is 2.19. The van der Waals surface area contributed by atoms with E-state index in [9.17, 15) is 0 Å². The van der Waals surface area contributed by atoms with Crippen LogP contribution in [0.25, 0.3) is 21.5 Å². The van der Waals surface area contributed by atoms with Crippen LogP contribution in [0.15, 0.2) is 28.1 Å². The molecule has 0 unspecified atom stereocenters. The van der Waals surface area contributed by atoms with E-state index >= 15 is 0 Å². The van der Waals surface area contributed by atoms with E-state index in [0.717, 1.165) is 21.9 Å². The maximum absolute atomic E-state index is 4.49. The summed E-state index contributed by atoms with van der Waals surface area (Å²) in [4.78, 5) is 1.36. The summed E-state index contributed by atoms with van der Waals surface area (Å²) < 4.78 is 9.91. The minimum absolute atomic E-state index is 0.975. The lowest BCUT2D eigenvalue weighted by Crippen LogP contribution is -1.87. The molecule has 0 spiro atoms. The Morgan fingerprint density at radius 1 is 1.05 bits per heavy atom. The molecule has 0 atom stereocenters. The molecule has 0 N–H and O–H groups in total. The first-order valence-corrected chi connectivity index (χ1v) is 9.69. The van der Waals surface area contributed by atoms with Crippen molar-refractivity contribution in [2.24, 2.45) is 0 Å². The SMILES string of the molecule is CCCCCCc1ccsc1-c1ccc(Br)c2nsnc12. The Labute approximate surface area is 141 Å². The predicted molar refractivity (Wildman–Crippen MR) is 96.3 cm³/mol. The van der Waals surface area contributed by atoms with Crippen LogP contribution < -0.4 is 0 Å². The van der Waals surface area contributed by atoms with Crippen LogP contribution in [0.5, 0.6) is 0 Å². The second-order valence-corrected chi connectivity index (χ2v) is 7.44. The molecule has 3 rings (SSSR count). The van der Waals surface area contributed by atoms with E-state index in [1.165, 1.54) is 53.4 Å². The molecule has 1 aromatic carbocycles.